The zero-order valence-corrected chi connectivity index (χ0v) is 14.5. The lowest BCUT2D eigenvalue weighted by molar-refractivity contribution is 0.598. The van der Waals surface area contributed by atoms with E-state index in [1.807, 2.05) is 37.3 Å². The lowest BCUT2D eigenvalue weighted by atomic mass is 10.1. The second-order valence-corrected chi connectivity index (χ2v) is 7.33. The number of hydrogen-bond donors (Lipinski definition) is 2. The van der Waals surface area contributed by atoms with Crippen LogP contribution in [0.5, 0.6) is 0 Å². The van der Waals surface area contributed by atoms with Gasteiger partial charge in [-0.2, -0.15) is 0 Å². The summed E-state index contributed by atoms with van der Waals surface area (Å²) < 4.78 is 26.4. The largest absolute Gasteiger partial charge is 0.355 e. The molecule has 0 heterocycles. The molecule has 2 N–H and O–H groups in total. The minimum absolute atomic E-state index is 0.160. The molecule has 2 aromatic carbocycles. The highest BCUT2D eigenvalue weighted by Crippen LogP contribution is 2.23. The molecule has 0 saturated carbocycles. The standard InChI is InChI=1S/C18H24N2O2S/c1-3-5-14-23(21,22)20-17-12-10-16(11-13-17)19-18-9-7-6-8-15(18)4-2/h6-13,19-20H,3-5,14H2,1-2H3. The molecule has 0 radical (unpaired) electrons. The summed E-state index contributed by atoms with van der Waals surface area (Å²) >= 11 is 0. The molecule has 0 fully saturated rings. The van der Waals surface area contributed by atoms with Crippen LogP contribution in [0, 0.1) is 0 Å². The van der Waals surface area contributed by atoms with Gasteiger partial charge < -0.3 is 5.32 Å². The molecule has 0 aliphatic rings. The normalized spacial score (nSPS) is 11.2. The van der Waals surface area contributed by atoms with Crippen LogP contribution in [0.2, 0.25) is 0 Å². The molecule has 124 valence electrons. The molecule has 4 nitrogen and oxygen atoms in total. The van der Waals surface area contributed by atoms with Crippen molar-refractivity contribution in [2.45, 2.75) is 33.1 Å². The summed E-state index contributed by atoms with van der Waals surface area (Å²) in [6, 6.07) is 15.5. The molecule has 0 bridgehead atoms. The topological polar surface area (TPSA) is 58.2 Å². The molecule has 0 aromatic heterocycles. The fourth-order valence-corrected chi connectivity index (χ4v) is 3.56. The van der Waals surface area contributed by atoms with E-state index in [2.05, 4.69) is 23.0 Å². The van der Waals surface area contributed by atoms with Gasteiger partial charge >= 0.3 is 0 Å². The number of rotatable bonds is 8. The van der Waals surface area contributed by atoms with E-state index in [9.17, 15) is 8.42 Å². The van der Waals surface area contributed by atoms with E-state index in [0.717, 1.165) is 24.2 Å². The minimum Gasteiger partial charge on any atom is -0.355 e. The summed E-state index contributed by atoms with van der Waals surface area (Å²) in [6.07, 6.45) is 2.49. The Bertz CT molecular complexity index is 725. The molecule has 2 aromatic rings. The average molecular weight is 332 g/mol. The van der Waals surface area contributed by atoms with Crippen LogP contribution >= 0.6 is 0 Å². The van der Waals surface area contributed by atoms with Gasteiger partial charge in [0, 0.05) is 17.1 Å². The molecular formula is C18H24N2O2S. The van der Waals surface area contributed by atoms with Crippen LogP contribution in [0.25, 0.3) is 0 Å². The average Bonchev–Trinajstić information content (AvgIpc) is 2.55. The van der Waals surface area contributed by atoms with E-state index in [4.69, 9.17) is 0 Å². The Morgan fingerprint density at radius 3 is 2.22 bits per heavy atom. The van der Waals surface area contributed by atoms with Crippen molar-refractivity contribution in [1.29, 1.82) is 0 Å². The number of sulfonamides is 1. The van der Waals surface area contributed by atoms with E-state index in [0.29, 0.717) is 12.1 Å². The van der Waals surface area contributed by atoms with Crippen LogP contribution in [0.4, 0.5) is 17.1 Å². The number of unbranched alkanes of at least 4 members (excludes halogenated alkanes) is 1. The summed E-state index contributed by atoms with van der Waals surface area (Å²) in [6.45, 7) is 4.10. The SMILES string of the molecule is CCCCS(=O)(=O)Nc1ccc(Nc2ccccc2CC)cc1. The van der Waals surface area contributed by atoms with Crippen LogP contribution < -0.4 is 10.0 Å². The lowest BCUT2D eigenvalue weighted by Crippen LogP contribution is -2.16. The monoisotopic (exact) mass is 332 g/mol. The number of anilines is 3. The van der Waals surface area contributed by atoms with Gasteiger partial charge in [-0.3, -0.25) is 4.72 Å². The Balaban J connectivity index is 2.05. The minimum atomic E-state index is -3.25. The van der Waals surface area contributed by atoms with Crippen LogP contribution in [-0.4, -0.2) is 14.2 Å². The van der Waals surface area contributed by atoms with Gasteiger partial charge in [-0.1, -0.05) is 38.5 Å². The molecular weight excluding hydrogens is 308 g/mol. The van der Waals surface area contributed by atoms with E-state index >= 15 is 0 Å². The number of benzene rings is 2. The quantitative estimate of drug-likeness (QED) is 0.746. The highest BCUT2D eigenvalue weighted by atomic mass is 32.2. The van der Waals surface area contributed by atoms with Crippen molar-refractivity contribution in [3.63, 3.8) is 0 Å². The van der Waals surface area contributed by atoms with Crippen molar-refractivity contribution in [3.8, 4) is 0 Å². The zero-order chi connectivity index (χ0) is 16.7. The first kappa shape index (κ1) is 17.3. The predicted octanol–water partition coefficient (Wildman–Crippen LogP) is 4.53. The van der Waals surface area contributed by atoms with E-state index in [1.54, 1.807) is 12.1 Å². The first-order chi connectivity index (χ1) is 11.0. The van der Waals surface area contributed by atoms with E-state index < -0.39 is 10.0 Å². The van der Waals surface area contributed by atoms with E-state index in [-0.39, 0.29) is 5.75 Å². The molecule has 0 amide bonds. The van der Waals surface area contributed by atoms with Crippen LogP contribution in [-0.2, 0) is 16.4 Å². The van der Waals surface area contributed by atoms with Crippen molar-refractivity contribution in [2.24, 2.45) is 0 Å². The molecule has 23 heavy (non-hydrogen) atoms. The summed E-state index contributed by atoms with van der Waals surface area (Å²) in [5.41, 5.74) is 3.85. The Kier molecular flexibility index (Phi) is 6.04. The molecule has 0 aliphatic carbocycles. The van der Waals surface area contributed by atoms with Gasteiger partial charge in [0.2, 0.25) is 10.0 Å². The summed E-state index contributed by atoms with van der Waals surface area (Å²) in [5, 5.41) is 3.37. The van der Waals surface area contributed by atoms with E-state index in [1.165, 1.54) is 5.56 Å². The first-order valence-corrected chi connectivity index (χ1v) is 9.64. The van der Waals surface area contributed by atoms with Gasteiger partial charge in [-0.25, -0.2) is 8.42 Å². The van der Waals surface area contributed by atoms with Gasteiger partial charge in [0.1, 0.15) is 0 Å². The van der Waals surface area contributed by atoms with Crippen LogP contribution in [0.3, 0.4) is 0 Å². The van der Waals surface area contributed by atoms with Crippen molar-refractivity contribution < 1.29 is 8.42 Å². The van der Waals surface area contributed by atoms with Gasteiger partial charge in [-0.05, 0) is 48.7 Å². The van der Waals surface area contributed by atoms with Gasteiger partial charge in [0.05, 0.1) is 5.75 Å². The highest BCUT2D eigenvalue weighted by Gasteiger charge is 2.09. The highest BCUT2D eigenvalue weighted by molar-refractivity contribution is 7.92. The van der Waals surface area contributed by atoms with Crippen molar-refractivity contribution >= 4 is 27.1 Å². The first-order valence-electron chi connectivity index (χ1n) is 7.99. The summed E-state index contributed by atoms with van der Waals surface area (Å²) in [5.74, 6) is 0.160. The van der Waals surface area contributed by atoms with Gasteiger partial charge in [0.25, 0.3) is 0 Å². The number of aryl methyl sites for hydroxylation is 1. The zero-order valence-electron chi connectivity index (χ0n) is 13.7. The molecule has 0 saturated heterocycles. The Labute approximate surface area is 139 Å². The van der Waals surface area contributed by atoms with Crippen molar-refractivity contribution in [1.82, 2.24) is 0 Å². The van der Waals surface area contributed by atoms with Gasteiger partial charge in [-0.15, -0.1) is 0 Å². The molecule has 2 rings (SSSR count). The molecule has 5 heteroatoms. The molecule has 0 unspecified atom stereocenters. The molecule has 0 spiro atoms. The number of para-hydroxylation sites is 1. The molecule has 0 aliphatic heterocycles. The Morgan fingerprint density at radius 1 is 0.913 bits per heavy atom. The van der Waals surface area contributed by atoms with Gasteiger partial charge in [0.15, 0.2) is 0 Å². The second-order valence-electron chi connectivity index (χ2n) is 5.49. The summed E-state index contributed by atoms with van der Waals surface area (Å²) in [7, 11) is -3.25. The third kappa shape index (κ3) is 5.28. The second kappa shape index (κ2) is 8.02. The fourth-order valence-electron chi connectivity index (χ4n) is 2.29. The van der Waals surface area contributed by atoms with Crippen molar-refractivity contribution in [2.75, 3.05) is 15.8 Å². The summed E-state index contributed by atoms with van der Waals surface area (Å²) in [4.78, 5) is 0. The van der Waals surface area contributed by atoms with Crippen LogP contribution in [0.1, 0.15) is 32.3 Å². The number of hydrogen-bond acceptors (Lipinski definition) is 3. The Hall–Kier alpha value is -2.01. The predicted molar refractivity (Wildman–Crippen MR) is 97.9 cm³/mol. The maximum absolute atomic E-state index is 11.9. The third-order valence-electron chi connectivity index (χ3n) is 3.60. The van der Waals surface area contributed by atoms with Crippen molar-refractivity contribution in [3.05, 3.63) is 54.1 Å². The maximum Gasteiger partial charge on any atom is 0.232 e. The molecule has 0 atom stereocenters. The Morgan fingerprint density at radius 2 is 1.57 bits per heavy atom. The maximum atomic E-state index is 11.9. The lowest BCUT2D eigenvalue weighted by Gasteiger charge is -2.12. The fraction of sp³-hybridized carbons (Fsp3) is 0.333. The third-order valence-corrected chi connectivity index (χ3v) is 4.97. The number of nitrogens with one attached hydrogen (secondary N) is 2. The van der Waals surface area contributed by atoms with Crippen LogP contribution in [0.15, 0.2) is 48.5 Å². The smallest absolute Gasteiger partial charge is 0.232 e.